The maximum Gasteiger partial charge on any atom is 0.194 e. The van der Waals surface area contributed by atoms with E-state index in [1.54, 1.807) is 11.3 Å². The zero-order valence-corrected chi connectivity index (χ0v) is 12.1. The molecule has 0 unspecified atom stereocenters. The van der Waals surface area contributed by atoms with Crippen LogP contribution in [0.25, 0.3) is 0 Å². The topological polar surface area (TPSA) is 17.1 Å². The van der Waals surface area contributed by atoms with Gasteiger partial charge >= 0.3 is 0 Å². The van der Waals surface area contributed by atoms with E-state index in [4.69, 9.17) is 0 Å². The number of hydrogen-bond donors (Lipinski definition) is 0. The van der Waals surface area contributed by atoms with E-state index < -0.39 is 0 Å². The molecule has 18 heavy (non-hydrogen) atoms. The van der Waals surface area contributed by atoms with Crippen LogP contribution >= 0.6 is 11.3 Å². The molecule has 1 aromatic carbocycles. The Morgan fingerprint density at radius 3 is 2.11 bits per heavy atom. The average molecular weight is 258 g/mol. The monoisotopic (exact) mass is 258 g/mol. The first kappa shape index (κ1) is 13.0. The molecule has 0 amide bonds. The van der Waals surface area contributed by atoms with Crippen molar-refractivity contribution in [3.05, 3.63) is 57.3 Å². The van der Waals surface area contributed by atoms with Gasteiger partial charge in [-0.05, 0) is 28.8 Å². The maximum absolute atomic E-state index is 12.3. The van der Waals surface area contributed by atoms with Gasteiger partial charge < -0.3 is 0 Å². The standard InChI is InChI=1S/C16H18OS/c1-11-9-18-10-14(11)15(17)12-5-7-13(8-6-12)16(2,3)4/h5-10H,1-4H3. The summed E-state index contributed by atoms with van der Waals surface area (Å²) < 4.78 is 0. The molecule has 0 aliphatic carbocycles. The minimum absolute atomic E-state index is 0.120. The van der Waals surface area contributed by atoms with Crippen molar-refractivity contribution in [2.45, 2.75) is 33.1 Å². The largest absolute Gasteiger partial charge is 0.289 e. The number of rotatable bonds is 2. The van der Waals surface area contributed by atoms with Gasteiger partial charge in [0.05, 0.1) is 0 Å². The summed E-state index contributed by atoms with van der Waals surface area (Å²) in [4.78, 5) is 12.3. The summed E-state index contributed by atoms with van der Waals surface area (Å²) in [6.07, 6.45) is 0. The lowest BCUT2D eigenvalue weighted by molar-refractivity contribution is 0.103. The Balaban J connectivity index is 2.31. The summed E-state index contributed by atoms with van der Waals surface area (Å²) in [5, 5.41) is 3.94. The molecular formula is C16H18OS. The predicted molar refractivity (Wildman–Crippen MR) is 77.6 cm³/mol. The van der Waals surface area contributed by atoms with Crippen LogP contribution in [0.15, 0.2) is 35.0 Å². The highest BCUT2D eigenvalue weighted by Crippen LogP contribution is 2.24. The van der Waals surface area contributed by atoms with Crippen LogP contribution < -0.4 is 0 Å². The number of carbonyl (C=O) groups is 1. The maximum atomic E-state index is 12.3. The van der Waals surface area contributed by atoms with Crippen LogP contribution in [-0.2, 0) is 5.41 Å². The summed E-state index contributed by atoms with van der Waals surface area (Å²) >= 11 is 1.58. The minimum Gasteiger partial charge on any atom is -0.289 e. The highest BCUT2D eigenvalue weighted by Gasteiger charge is 2.16. The van der Waals surface area contributed by atoms with E-state index in [1.165, 1.54) is 5.56 Å². The van der Waals surface area contributed by atoms with Gasteiger partial charge in [-0.2, -0.15) is 11.3 Å². The molecule has 0 radical (unpaired) electrons. The van der Waals surface area contributed by atoms with E-state index in [-0.39, 0.29) is 11.2 Å². The van der Waals surface area contributed by atoms with Crippen LogP contribution in [0.5, 0.6) is 0 Å². The van der Waals surface area contributed by atoms with E-state index in [0.717, 1.165) is 16.7 Å². The highest BCUT2D eigenvalue weighted by atomic mass is 32.1. The Morgan fingerprint density at radius 2 is 1.67 bits per heavy atom. The molecule has 1 aromatic heterocycles. The Kier molecular flexibility index (Phi) is 3.40. The van der Waals surface area contributed by atoms with Crippen LogP contribution in [0.3, 0.4) is 0 Å². The number of aryl methyl sites for hydroxylation is 1. The Morgan fingerprint density at radius 1 is 1.06 bits per heavy atom. The molecular weight excluding hydrogens is 240 g/mol. The van der Waals surface area contributed by atoms with Gasteiger partial charge in [-0.15, -0.1) is 0 Å². The fourth-order valence-corrected chi connectivity index (χ4v) is 2.70. The lowest BCUT2D eigenvalue weighted by atomic mass is 9.86. The lowest BCUT2D eigenvalue weighted by Crippen LogP contribution is -2.11. The molecule has 2 rings (SSSR count). The summed E-state index contributed by atoms with van der Waals surface area (Å²) in [7, 11) is 0. The molecule has 0 aliphatic heterocycles. The van der Waals surface area contributed by atoms with Gasteiger partial charge in [-0.3, -0.25) is 4.79 Å². The molecule has 0 spiro atoms. The second kappa shape index (κ2) is 4.69. The number of hydrogen-bond acceptors (Lipinski definition) is 2. The molecule has 0 saturated heterocycles. The van der Waals surface area contributed by atoms with Gasteiger partial charge in [0.15, 0.2) is 5.78 Å². The Bertz CT molecular complexity index is 556. The fraction of sp³-hybridized carbons (Fsp3) is 0.312. The van der Waals surface area contributed by atoms with Gasteiger partial charge in [-0.1, -0.05) is 45.0 Å². The normalized spacial score (nSPS) is 11.6. The predicted octanol–water partition coefficient (Wildman–Crippen LogP) is 4.59. The average Bonchev–Trinajstić information content (AvgIpc) is 2.73. The number of carbonyl (C=O) groups excluding carboxylic acids is 1. The van der Waals surface area contributed by atoms with Crippen LogP contribution in [0.1, 0.15) is 47.8 Å². The SMILES string of the molecule is Cc1cscc1C(=O)c1ccc(C(C)(C)C)cc1. The molecule has 1 heterocycles. The molecule has 0 N–H and O–H groups in total. The first-order valence-corrected chi connectivity index (χ1v) is 7.02. The molecule has 2 aromatic rings. The van der Waals surface area contributed by atoms with E-state index >= 15 is 0 Å². The number of thiophene rings is 1. The summed E-state index contributed by atoms with van der Waals surface area (Å²) in [5.41, 5.74) is 4.03. The lowest BCUT2D eigenvalue weighted by Gasteiger charge is -2.18. The second-order valence-corrected chi connectivity index (χ2v) is 6.37. The summed E-state index contributed by atoms with van der Waals surface area (Å²) in [5.74, 6) is 0.120. The molecule has 2 heteroatoms. The van der Waals surface area contributed by atoms with Gasteiger partial charge in [0.1, 0.15) is 0 Å². The van der Waals surface area contributed by atoms with Crippen molar-refractivity contribution < 1.29 is 4.79 Å². The van der Waals surface area contributed by atoms with Crippen LogP contribution in [0, 0.1) is 6.92 Å². The van der Waals surface area contributed by atoms with Gasteiger partial charge in [0, 0.05) is 16.5 Å². The van der Waals surface area contributed by atoms with E-state index in [2.05, 4.69) is 32.9 Å². The van der Waals surface area contributed by atoms with Crippen molar-refractivity contribution in [3.8, 4) is 0 Å². The minimum atomic E-state index is 0.120. The molecule has 0 atom stereocenters. The zero-order chi connectivity index (χ0) is 13.3. The zero-order valence-electron chi connectivity index (χ0n) is 11.3. The third kappa shape index (κ3) is 2.54. The smallest absolute Gasteiger partial charge is 0.194 e. The number of benzene rings is 1. The molecule has 94 valence electrons. The van der Waals surface area contributed by atoms with Crippen molar-refractivity contribution in [1.29, 1.82) is 0 Å². The van der Waals surface area contributed by atoms with Crippen molar-refractivity contribution in [2.75, 3.05) is 0 Å². The fourth-order valence-electron chi connectivity index (χ4n) is 1.87. The first-order chi connectivity index (χ1) is 8.39. The highest BCUT2D eigenvalue weighted by molar-refractivity contribution is 7.08. The van der Waals surface area contributed by atoms with E-state index in [0.29, 0.717) is 0 Å². The number of ketones is 1. The molecule has 0 bridgehead atoms. The van der Waals surface area contributed by atoms with Crippen LogP contribution in [0.4, 0.5) is 0 Å². The van der Waals surface area contributed by atoms with E-state index in [9.17, 15) is 4.79 Å². The van der Waals surface area contributed by atoms with Crippen LogP contribution in [0.2, 0.25) is 0 Å². The quantitative estimate of drug-likeness (QED) is 0.720. The van der Waals surface area contributed by atoms with Crippen molar-refractivity contribution in [3.63, 3.8) is 0 Å². The third-order valence-electron chi connectivity index (χ3n) is 3.11. The van der Waals surface area contributed by atoms with Crippen molar-refractivity contribution in [2.24, 2.45) is 0 Å². The Labute approximate surface area is 112 Å². The summed E-state index contributed by atoms with van der Waals surface area (Å²) in [6, 6.07) is 7.96. The van der Waals surface area contributed by atoms with Crippen molar-refractivity contribution in [1.82, 2.24) is 0 Å². The summed E-state index contributed by atoms with van der Waals surface area (Å²) in [6.45, 7) is 8.50. The van der Waals surface area contributed by atoms with Crippen molar-refractivity contribution >= 4 is 17.1 Å². The second-order valence-electron chi connectivity index (χ2n) is 5.62. The third-order valence-corrected chi connectivity index (χ3v) is 3.97. The molecule has 0 aliphatic rings. The van der Waals surface area contributed by atoms with Gasteiger partial charge in [0.2, 0.25) is 0 Å². The van der Waals surface area contributed by atoms with Gasteiger partial charge in [0.25, 0.3) is 0 Å². The molecule has 0 fully saturated rings. The Hall–Kier alpha value is -1.41. The van der Waals surface area contributed by atoms with Crippen LogP contribution in [-0.4, -0.2) is 5.78 Å². The molecule has 0 saturated carbocycles. The first-order valence-electron chi connectivity index (χ1n) is 6.07. The molecule has 1 nitrogen and oxygen atoms in total. The van der Waals surface area contributed by atoms with Gasteiger partial charge in [-0.25, -0.2) is 0 Å². The van der Waals surface area contributed by atoms with E-state index in [1.807, 2.05) is 29.8 Å².